The summed E-state index contributed by atoms with van der Waals surface area (Å²) < 4.78 is 17.5. The second-order valence-electron chi connectivity index (χ2n) is 8.40. The molecule has 8 heteroatoms. The number of amides is 1. The van der Waals surface area contributed by atoms with Crippen molar-refractivity contribution in [3.8, 4) is 11.5 Å². The number of nitrogens with zero attached hydrogens (tertiary/aromatic N) is 2. The average molecular weight is 491 g/mol. The molecule has 0 bridgehead atoms. The van der Waals surface area contributed by atoms with E-state index in [1.54, 1.807) is 23.1 Å². The molecule has 0 spiro atoms. The molecule has 35 heavy (non-hydrogen) atoms. The van der Waals surface area contributed by atoms with Gasteiger partial charge in [-0.25, -0.2) is 4.98 Å². The Morgan fingerprint density at radius 3 is 2.57 bits per heavy atom. The average Bonchev–Trinajstić information content (AvgIpc) is 3.33. The van der Waals surface area contributed by atoms with Crippen LogP contribution in [0.4, 0.5) is 5.13 Å². The van der Waals surface area contributed by atoms with Gasteiger partial charge in [0.05, 0.1) is 35.9 Å². The normalized spacial score (nSPS) is 15.0. The summed E-state index contributed by atoms with van der Waals surface area (Å²) in [5, 5.41) is 0.927. The van der Waals surface area contributed by atoms with E-state index >= 15 is 0 Å². The van der Waals surface area contributed by atoms with E-state index in [1.165, 1.54) is 11.3 Å². The molecule has 0 saturated heterocycles. The highest BCUT2D eigenvalue weighted by molar-refractivity contribution is 7.15. The molecule has 1 aliphatic heterocycles. The number of carbonyl (C=O) groups excluding carboxylic acids is 1. The molecule has 1 unspecified atom stereocenters. The lowest BCUT2D eigenvalue weighted by Crippen LogP contribution is -2.29. The van der Waals surface area contributed by atoms with E-state index in [9.17, 15) is 9.59 Å². The largest absolute Gasteiger partial charge is 0.494 e. The minimum absolute atomic E-state index is 0.0338. The lowest BCUT2D eigenvalue weighted by molar-refractivity contribution is 0.0970. The highest BCUT2D eigenvalue weighted by atomic mass is 32.1. The monoisotopic (exact) mass is 490 g/mol. The van der Waals surface area contributed by atoms with Crippen molar-refractivity contribution >= 4 is 33.3 Å². The molecule has 1 aliphatic rings. The van der Waals surface area contributed by atoms with Gasteiger partial charge >= 0.3 is 0 Å². The molecular formula is C27H26N2O5S. The Morgan fingerprint density at radius 2 is 1.86 bits per heavy atom. The summed E-state index contributed by atoms with van der Waals surface area (Å²) in [6.45, 7) is 8.85. The standard InChI is InChI=1S/C27H26N2O5S/c1-5-12-33-18-9-7-8-17(13-18)23-22-24(30)20-11-10-19(32-6-2)14-21(20)34-25(22)26(31)29(23)27-28-15(3)16(4)35-27/h7-11,13-14,23H,5-6,12H2,1-4H3. The molecule has 2 aromatic carbocycles. The SMILES string of the molecule is CCCOc1cccc(C2c3c(oc4cc(OCC)ccc4c3=O)C(=O)N2c2nc(C)c(C)s2)c1. The summed E-state index contributed by atoms with van der Waals surface area (Å²) >= 11 is 1.42. The quantitative estimate of drug-likeness (QED) is 0.325. The molecule has 0 fully saturated rings. The fourth-order valence-corrected chi connectivity index (χ4v) is 5.21. The molecule has 4 aromatic rings. The van der Waals surface area contributed by atoms with Gasteiger partial charge in [-0.15, -0.1) is 11.3 Å². The van der Waals surface area contributed by atoms with Crippen molar-refractivity contribution in [3.05, 3.63) is 80.1 Å². The summed E-state index contributed by atoms with van der Waals surface area (Å²) in [6.07, 6.45) is 0.873. The molecule has 5 rings (SSSR count). The number of aromatic nitrogens is 1. The Hall–Kier alpha value is -3.65. The number of ether oxygens (including phenoxy) is 2. The maximum atomic E-state index is 13.8. The van der Waals surface area contributed by atoms with Crippen LogP contribution in [0.25, 0.3) is 11.0 Å². The van der Waals surface area contributed by atoms with Gasteiger partial charge in [0.2, 0.25) is 5.76 Å². The maximum absolute atomic E-state index is 13.8. The third-order valence-electron chi connectivity index (χ3n) is 6.02. The van der Waals surface area contributed by atoms with Crippen molar-refractivity contribution in [2.24, 2.45) is 0 Å². The van der Waals surface area contributed by atoms with Crippen LogP contribution >= 0.6 is 11.3 Å². The zero-order valence-electron chi connectivity index (χ0n) is 20.1. The van der Waals surface area contributed by atoms with Crippen molar-refractivity contribution < 1.29 is 18.7 Å². The number of thiazole rings is 1. The third-order valence-corrected chi connectivity index (χ3v) is 7.10. The molecule has 7 nitrogen and oxygen atoms in total. The lowest BCUT2D eigenvalue weighted by atomic mass is 9.98. The van der Waals surface area contributed by atoms with E-state index in [0.717, 1.165) is 22.6 Å². The van der Waals surface area contributed by atoms with E-state index in [4.69, 9.17) is 13.9 Å². The molecular weight excluding hydrogens is 464 g/mol. The second-order valence-corrected chi connectivity index (χ2v) is 9.58. The van der Waals surface area contributed by atoms with Crippen LogP contribution in [0.3, 0.4) is 0 Å². The van der Waals surface area contributed by atoms with Crippen LogP contribution in [0, 0.1) is 13.8 Å². The number of fused-ring (bicyclic) bond motifs is 2. The van der Waals surface area contributed by atoms with Crippen LogP contribution in [0.15, 0.2) is 51.7 Å². The first kappa shape index (κ1) is 23.1. The Bertz CT molecular complexity index is 1470. The Kier molecular flexibility index (Phi) is 6.06. The van der Waals surface area contributed by atoms with E-state index in [-0.39, 0.29) is 17.1 Å². The number of hydrogen-bond donors (Lipinski definition) is 0. The summed E-state index contributed by atoms with van der Waals surface area (Å²) in [4.78, 5) is 34.8. The van der Waals surface area contributed by atoms with Crippen molar-refractivity contribution in [3.63, 3.8) is 0 Å². The minimum Gasteiger partial charge on any atom is -0.494 e. The van der Waals surface area contributed by atoms with E-state index in [2.05, 4.69) is 4.98 Å². The molecule has 0 N–H and O–H groups in total. The van der Waals surface area contributed by atoms with Crippen molar-refractivity contribution in [2.45, 2.75) is 40.2 Å². The Balaban J connectivity index is 1.73. The van der Waals surface area contributed by atoms with E-state index in [0.29, 0.717) is 46.4 Å². The Labute approximate surface area is 206 Å². The summed E-state index contributed by atoms with van der Waals surface area (Å²) in [7, 11) is 0. The third kappa shape index (κ3) is 3.97. The first-order chi connectivity index (χ1) is 16.9. The molecule has 0 radical (unpaired) electrons. The van der Waals surface area contributed by atoms with Crippen molar-refractivity contribution in [1.82, 2.24) is 4.98 Å². The van der Waals surface area contributed by atoms with Gasteiger partial charge in [-0.3, -0.25) is 14.5 Å². The van der Waals surface area contributed by atoms with Gasteiger partial charge in [-0.2, -0.15) is 0 Å². The summed E-state index contributed by atoms with van der Waals surface area (Å²) in [5.74, 6) is 0.906. The number of rotatable bonds is 7. The van der Waals surface area contributed by atoms with Gasteiger partial charge in [0.1, 0.15) is 17.1 Å². The number of hydrogen-bond acceptors (Lipinski definition) is 7. The zero-order chi connectivity index (χ0) is 24.7. The van der Waals surface area contributed by atoms with Crippen LogP contribution < -0.4 is 19.8 Å². The van der Waals surface area contributed by atoms with Gasteiger partial charge in [0, 0.05) is 10.9 Å². The van der Waals surface area contributed by atoms with E-state index < -0.39 is 6.04 Å². The van der Waals surface area contributed by atoms with Crippen LogP contribution in [-0.4, -0.2) is 24.1 Å². The number of aryl methyl sites for hydroxylation is 2. The predicted molar refractivity (Wildman–Crippen MR) is 136 cm³/mol. The highest BCUT2D eigenvalue weighted by Gasteiger charge is 2.45. The van der Waals surface area contributed by atoms with Crippen LogP contribution in [-0.2, 0) is 0 Å². The molecule has 2 aromatic heterocycles. The molecule has 1 atom stereocenters. The van der Waals surface area contributed by atoms with E-state index in [1.807, 2.05) is 52.0 Å². The predicted octanol–water partition coefficient (Wildman–Crippen LogP) is 5.80. The van der Waals surface area contributed by atoms with Crippen molar-refractivity contribution in [2.75, 3.05) is 18.1 Å². The van der Waals surface area contributed by atoms with Gasteiger partial charge in [0.15, 0.2) is 10.6 Å². The summed E-state index contributed by atoms with van der Waals surface area (Å²) in [5.41, 5.74) is 1.99. The smallest absolute Gasteiger partial charge is 0.297 e. The van der Waals surface area contributed by atoms with Crippen LogP contribution in [0.5, 0.6) is 11.5 Å². The van der Waals surface area contributed by atoms with Gasteiger partial charge in [-0.05, 0) is 57.0 Å². The van der Waals surface area contributed by atoms with Gasteiger partial charge in [0.25, 0.3) is 5.91 Å². The molecule has 1 amide bonds. The fourth-order valence-electron chi connectivity index (χ4n) is 4.27. The topological polar surface area (TPSA) is 81.9 Å². The zero-order valence-corrected chi connectivity index (χ0v) is 20.9. The van der Waals surface area contributed by atoms with Gasteiger partial charge in [-0.1, -0.05) is 19.1 Å². The number of benzene rings is 2. The fraction of sp³-hybridized carbons (Fsp3) is 0.296. The highest BCUT2D eigenvalue weighted by Crippen LogP contribution is 2.43. The first-order valence-corrected chi connectivity index (χ1v) is 12.5. The van der Waals surface area contributed by atoms with Crippen LogP contribution in [0.1, 0.15) is 58.6 Å². The number of carbonyl (C=O) groups is 1. The van der Waals surface area contributed by atoms with Crippen LogP contribution in [0.2, 0.25) is 0 Å². The Morgan fingerprint density at radius 1 is 1.06 bits per heavy atom. The molecule has 3 heterocycles. The molecule has 0 aliphatic carbocycles. The first-order valence-electron chi connectivity index (χ1n) is 11.7. The molecule has 0 saturated carbocycles. The van der Waals surface area contributed by atoms with Crippen molar-refractivity contribution in [1.29, 1.82) is 0 Å². The lowest BCUT2D eigenvalue weighted by Gasteiger charge is -2.23. The number of anilines is 1. The summed E-state index contributed by atoms with van der Waals surface area (Å²) in [6, 6.07) is 11.9. The second kappa shape index (κ2) is 9.19. The minimum atomic E-state index is -0.681. The molecule has 180 valence electrons. The van der Waals surface area contributed by atoms with Gasteiger partial charge < -0.3 is 13.9 Å². The maximum Gasteiger partial charge on any atom is 0.297 e.